The largest absolute Gasteiger partial charge is 0.505 e. The molecule has 32 heavy (non-hydrogen) atoms. The van der Waals surface area contributed by atoms with E-state index >= 15 is 0 Å². The van der Waals surface area contributed by atoms with Crippen LogP contribution in [0.25, 0.3) is 11.1 Å². The molecule has 0 aliphatic carbocycles. The molecule has 0 saturated carbocycles. The van der Waals surface area contributed by atoms with Gasteiger partial charge in [0.2, 0.25) is 0 Å². The number of hydrogen-bond donors (Lipinski definition) is 1. The Morgan fingerprint density at radius 2 is 1.75 bits per heavy atom. The Bertz CT molecular complexity index is 1280. The Kier molecular flexibility index (Phi) is 6.82. The van der Waals surface area contributed by atoms with Gasteiger partial charge in [0.25, 0.3) is 5.91 Å². The van der Waals surface area contributed by atoms with Gasteiger partial charge in [-0.25, -0.2) is 22.3 Å². The molecular weight excluding hydrogens is 464 g/mol. The Hall–Kier alpha value is -3.01. The van der Waals surface area contributed by atoms with Gasteiger partial charge in [0, 0.05) is 29.8 Å². The molecule has 0 aromatic heterocycles. The van der Waals surface area contributed by atoms with Crippen LogP contribution >= 0.6 is 11.6 Å². The molecule has 0 spiro atoms. The van der Waals surface area contributed by atoms with Gasteiger partial charge in [-0.15, -0.1) is 0 Å². The Balaban J connectivity index is 2.07. The number of benzene rings is 3. The number of phenolic OH excluding ortho intramolecular Hbond substituents is 1. The number of hydrogen-bond acceptors (Lipinski definition) is 5. The summed E-state index contributed by atoms with van der Waals surface area (Å²) in [6, 6.07) is 12.0. The minimum Gasteiger partial charge on any atom is -0.505 e. The zero-order chi connectivity index (χ0) is 23.6. The number of carbonyl (C=O) groups excluding carboxylic acids is 1. The first-order valence-electron chi connectivity index (χ1n) is 9.16. The third-order valence-corrected chi connectivity index (χ3v) is 6.70. The van der Waals surface area contributed by atoms with Gasteiger partial charge in [-0.05, 0) is 23.8 Å². The monoisotopic (exact) mass is 481 g/mol. The van der Waals surface area contributed by atoms with Gasteiger partial charge in [0.15, 0.2) is 15.6 Å². The molecule has 6 nitrogen and oxygen atoms in total. The zero-order valence-corrected chi connectivity index (χ0v) is 18.5. The smallest absolute Gasteiger partial charge is 0.277 e. The molecular formula is C22H18ClF2NO5S. The number of amides is 1. The van der Waals surface area contributed by atoms with Crippen molar-refractivity contribution in [3.8, 4) is 16.9 Å². The van der Waals surface area contributed by atoms with Crippen LogP contribution in [0.3, 0.4) is 0 Å². The van der Waals surface area contributed by atoms with Crippen molar-refractivity contribution >= 4 is 27.3 Å². The molecule has 0 aliphatic rings. The number of carbonyl (C=O) groups is 1. The summed E-state index contributed by atoms with van der Waals surface area (Å²) >= 11 is 5.93. The van der Waals surface area contributed by atoms with Crippen molar-refractivity contribution < 1.29 is 31.9 Å². The van der Waals surface area contributed by atoms with E-state index in [0.717, 1.165) is 23.3 Å². The highest BCUT2D eigenvalue weighted by atomic mass is 35.5. The lowest BCUT2D eigenvalue weighted by atomic mass is 10.0. The summed E-state index contributed by atoms with van der Waals surface area (Å²) < 4.78 is 54.9. The van der Waals surface area contributed by atoms with E-state index in [1.165, 1.54) is 14.2 Å². The summed E-state index contributed by atoms with van der Waals surface area (Å²) in [7, 11) is -1.86. The lowest BCUT2D eigenvalue weighted by Gasteiger charge is -2.16. The van der Waals surface area contributed by atoms with E-state index in [4.69, 9.17) is 16.4 Å². The summed E-state index contributed by atoms with van der Waals surface area (Å²) in [4.78, 5) is 16.5. The molecule has 0 unspecified atom stereocenters. The van der Waals surface area contributed by atoms with Crippen LogP contribution in [0.5, 0.6) is 5.75 Å². The van der Waals surface area contributed by atoms with Crippen LogP contribution in [0.2, 0.25) is 5.02 Å². The van der Waals surface area contributed by atoms with Gasteiger partial charge in [-0.3, -0.25) is 9.63 Å². The molecule has 0 radical (unpaired) electrons. The highest BCUT2D eigenvalue weighted by molar-refractivity contribution is 7.90. The van der Waals surface area contributed by atoms with Crippen LogP contribution in [-0.4, -0.2) is 38.7 Å². The summed E-state index contributed by atoms with van der Waals surface area (Å²) in [5.74, 6) is -4.32. The van der Waals surface area contributed by atoms with Crippen LogP contribution in [0.15, 0.2) is 59.5 Å². The fourth-order valence-electron chi connectivity index (χ4n) is 3.02. The van der Waals surface area contributed by atoms with Gasteiger partial charge in [-0.1, -0.05) is 41.9 Å². The van der Waals surface area contributed by atoms with Crippen molar-refractivity contribution in [1.82, 2.24) is 5.06 Å². The number of rotatable bonds is 6. The normalized spacial score (nSPS) is 11.4. The maximum atomic E-state index is 14.5. The van der Waals surface area contributed by atoms with E-state index in [1.807, 2.05) is 0 Å². The number of nitrogens with zero attached hydrogens (tertiary/aromatic N) is 1. The SMILES string of the molecule is CON(C)C(=O)c1cc(Cl)c(O)c(S(=O)(=O)Cc2cc(-c3ccccc3)c(F)cc2F)c1. The molecule has 10 heteroatoms. The predicted molar refractivity (Wildman–Crippen MR) is 115 cm³/mol. The molecule has 0 saturated heterocycles. The lowest BCUT2D eigenvalue weighted by Crippen LogP contribution is -2.25. The summed E-state index contributed by atoms with van der Waals surface area (Å²) in [5.41, 5.74) is -0.0263. The molecule has 3 aromatic carbocycles. The molecule has 0 aliphatic heterocycles. The minimum atomic E-state index is -4.40. The van der Waals surface area contributed by atoms with Crippen molar-refractivity contribution in [1.29, 1.82) is 0 Å². The van der Waals surface area contributed by atoms with Crippen LogP contribution in [0.4, 0.5) is 8.78 Å². The minimum absolute atomic E-state index is 0.0186. The van der Waals surface area contributed by atoms with Crippen LogP contribution < -0.4 is 0 Å². The standard InChI is InChI=1S/C22H18ClF2NO5S/c1-26(31-2)22(28)14-9-17(23)21(27)20(10-14)32(29,30)12-15-8-16(19(25)11-18(15)24)13-6-4-3-5-7-13/h3-11,27H,12H2,1-2H3. The molecule has 1 amide bonds. The average Bonchev–Trinajstić information content (AvgIpc) is 2.76. The quantitative estimate of drug-likeness (QED) is 0.520. The Morgan fingerprint density at radius 3 is 2.38 bits per heavy atom. The van der Waals surface area contributed by atoms with Gasteiger partial charge in [-0.2, -0.15) is 0 Å². The van der Waals surface area contributed by atoms with E-state index in [1.54, 1.807) is 30.3 Å². The van der Waals surface area contributed by atoms with Crippen molar-refractivity contribution in [3.63, 3.8) is 0 Å². The fourth-order valence-corrected chi connectivity index (χ4v) is 4.80. The first-order chi connectivity index (χ1) is 15.0. The van der Waals surface area contributed by atoms with E-state index in [-0.39, 0.29) is 21.7 Å². The van der Waals surface area contributed by atoms with Gasteiger partial charge in [0.05, 0.1) is 17.9 Å². The molecule has 1 N–H and O–H groups in total. The number of hydroxylamine groups is 2. The second-order valence-corrected chi connectivity index (χ2v) is 9.20. The number of halogens is 3. The average molecular weight is 482 g/mol. The molecule has 0 fully saturated rings. The number of sulfone groups is 1. The molecule has 0 bridgehead atoms. The molecule has 0 atom stereocenters. The topological polar surface area (TPSA) is 83.9 Å². The Morgan fingerprint density at radius 1 is 1.09 bits per heavy atom. The van der Waals surface area contributed by atoms with E-state index < -0.39 is 43.8 Å². The van der Waals surface area contributed by atoms with E-state index in [0.29, 0.717) is 11.6 Å². The van der Waals surface area contributed by atoms with Crippen molar-refractivity contribution in [2.24, 2.45) is 0 Å². The number of aromatic hydroxyl groups is 1. The fraction of sp³-hybridized carbons (Fsp3) is 0.136. The summed E-state index contributed by atoms with van der Waals surface area (Å²) in [6.07, 6.45) is 0. The summed E-state index contributed by atoms with van der Waals surface area (Å²) in [6.45, 7) is 0. The maximum absolute atomic E-state index is 14.5. The molecule has 168 valence electrons. The third kappa shape index (κ3) is 4.74. The first-order valence-corrected chi connectivity index (χ1v) is 11.2. The van der Waals surface area contributed by atoms with Crippen molar-refractivity contribution in [2.75, 3.05) is 14.2 Å². The second-order valence-electron chi connectivity index (χ2n) is 6.84. The van der Waals surface area contributed by atoms with Gasteiger partial charge >= 0.3 is 0 Å². The number of phenols is 1. The van der Waals surface area contributed by atoms with Crippen LogP contribution in [-0.2, 0) is 20.4 Å². The van der Waals surface area contributed by atoms with Crippen molar-refractivity contribution in [2.45, 2.75) is 10.6 Å². The second kappa shape index (κ2) is 9.23. The van der Waals surface area contributed by atoms with Crippen LogP contribution in [0.1, 0.15) is 15.9 Å². The van der Waals surface area contributed by atoms with Gasteiger partial charge in [0.1, 0.15) is 16.5 Å². The van der Waals surface area contributed by atoms with E-state index in [9.17, 15) is 27.1 Å². The first kappa shape index (κ1) is 23.6. The van der Waals surface area contributed by atoms with E-state index in [2.05, 4.69) is 0 Å². The molecule has 3 aromatic rings. The maximum Gasteiger partial charge on any atom is 0.277 e. The molecule has 3 rings (SSSR count). The molecule has 0 heterocycles. The lowest BCUT2D eigenvalue weighted by molar-refractivity contribution is -0.0757. The highest BCUT2D eigenvalue weighted by Crippen LogP contribution is 2.35. The van der Waals surface area contributed by atoms with Crippen molar-refractivity contribution in [3.05, 3.63) is 82.4 Å². The van der Waals surface area contributed by atoms with Crippen LogP contribution in [0, 0.1) is 11.6 Å². The predicted octanol–water partition coefficient (Wildman–Crippen LogP) is 4.60. The zero-order valence-electron chi connectivity index (χ0n) is 17.0. The summed E-state index contributed by atoms with van der Waals surface area (Å²) in [5, 5.41) is 10.7. The van der Waals surface area contributed by atoms with Gasteiger partial charge < -0.3 is 5.11 Å². The third-order valence-electron chi connectivity index (χ3n) is 4.74. The highest BCUT2D eigenvalue weighted by Gasteiger charge is 2.27. The Labute approximate surface area is 188 Å².